The van der Waals surface area contributed by atoms with Crippen molar-refractivity contribution in [2.75, 3.05) is 6.54 Å². The van der Waals surface area contributed by atoms with Crippen molar-refractivity contribution < 1.29 is 14.5 Å². The first-order valence-electron chi connectivity index (χ1n) is 7.85. The zero-order chi connectivity index (χ0) is 17.8. The van der Waals surface area contributed by atoms with Crippen LogP contribution in [0.2, 0.25) is 0 Å². The summed E-state index contributed by atoms with van der Waals surface area (Å²) in [5.41, 5.74) is 0.705. The fourth-order valence-corrected chi connectivity index (χ4v) is 3.27. The number of nitro groups is 1. The third-order valence-electron chi connectivity index (χ3n) is 4.09. The molecule has 0 radical (unpaired) electrons. The van der Waals surface area contributed by atoms with Crippen LogP contribution in [0.3, 0.4) is 0 Å². The minimum absolute atomic E-state index is 0.00632. The van der Waals surface area contributed by atoms with Crippen LogP contribution in [-0.4, -0.2) is 43.5 Å². The van der Waals surface area contributed by atoms with Gasteiger partial charge in [0.05, 0.1) is 17.5 Å². The number of carbonyl (C=O) groups excluding carboxylic acids is 1. The lowest BCUT2D eigenvalue weighted by molar-refractivity contribution is -0.384. The van der Waals surface area contributed by atoms with E-state index in [-0.39, 0.29) is 23.6 Å². The standard InChI is InChI=1S/C16H18N4O4S/c21-16(24-11-12-2-4-13(5-3-12)20(22)23)19-10-15(25)8-14(19)9-18-7-1-6-17-18/h1-7,14-15,25H,8-11H2/t14-,15-/m0/s1. The molecular weight excluding hydrogens is 344 g/mol. The highest BCUT2D eigenvalue weighted by Crippen LogP contribution is 2.24. The van der Waals surface area contributed by atoms with Gasteiger partial charge in [-0.05, 0) is 30.2 Å². The number of hydrogen-bond acceptors (Lipinski definition) is 6. The third-order valence-corrected chi connectivity index (χ3v) is 4.47. The second-order valence-electron chi connectivity index (χ2n) is 5.90. The molecule has 9 heteroatoms. The number of amides is 1. The number of nitro benzene ring substituents is 1. The first-order chi connectivity index (χ1) is 12.0. The van der Waals surface area contributed by atoms with Crippen molar-refractivity contribution in [1.29, 1.82) is 0 Å². The molecule has 1 aliphatic rings. The van der Waals surface area contributed by atoms with Crippen LogP contribution in [0.1, 0.15) is 12.0 Å². The van der Waals surface area contributed by atoms with E-state index in [0.29, 0.717) is 18.7 Å². The van der Waals surface area contributed by atoms with Crippen LogP contribution < -0.4 is 0 Å². The van der Waals surface area contributed by atoms with E-state index in [1.54, 1.807) is 27.9 Å². The van der Waals surface area contributed by atoms with Gasteiger partial charge in [0.25, 0.3) is 5.69 Å². The Bertz CT molecular complexity index is 735. The van der Waals surface area contributed by atoms with Crippen LogP contribution >= 0.6 is 12.6 Å². The number of carbonyl (C=O) groups is 1. The maximum Gasteiger partial charge on any atom is 0.410 e. The van der Waals surface area contributed by atoms with Crippen molar-refractivity contribution in [3.05, 3.63) is 58.4 Å². The summed E-state index contributed by atoms with van der Waals surface area (Å²) >= 11 is 4.48. The summed E-state index contributed by atoms with van der Waals surface area (Å²) in [5, 5.41) is 14.9. The number of nitrogens with zero attached hydrogens (tertiary/aromatic N) is 4. The van der Waals surface area contributed by atoms with Gasteiger partial charge < -0.3 is 9.64 Å². The quantitative estimate of drug-likeness (QED) is 0.501. The van der Waals surface area contributed by atoms with Gasteiger partial charge in [0.15, 0.2) is 0 Å². The predicted molar refractivity (Wildman–Crippen MR) is 93.4 cm³/mol. The van der Waals surface area contributed by atoms with E-state index in [9.17, 15) is 14.9 Å². The largest absolute Gasteiger partial charge is 0.445 e. The van der Waals surface area contributed by atoms with Crippen molar-refractivity contribution in [3.63, 3.8) is 0 Å². The number of hydrogen-bond donors (Lipinski definition) is 1. The molecule has 0 unspecified atom stereocenters. The Morgan fingerprint density at radius 2 is 2.16 bits per heavy atom. The van der Waals surface area contributed by atoms with Gasteiger partial charge in [-0.15, -0.1) is 0 Å². The minimum atomic E-state index is -0.466. The molecule has 8 nitrogen and oxygen atoms in total. The number of ether oxygens (including phenoxy) is 1. The molecule has 3 rings (SSSR count). The summed E-state index contributed by atoms with van der Waals surface area (Å²) in [6.07, 6.45) is 3.92. The van der Waals surface area contributed by atoms with E-state index >= 15 is 0 Å². The summed E-state index contributed by atoms with van der Waals surface area (Å²) in [5.74, 6) is 0. The second-order valence-corrected chi connectivity index (χ2v) is 6.63. The molecule has 0 bridgehead atoms. The van der Waals surface area contributed by atoms with Crippen LogP contribution in [0, 0.1) is 10.1 Å². The van der Waals surface area contributed by atoms with Gasteiger partial charge in [0.2, 0.25) is 0 Å². The molecule has 0 saturated carbocycles. The molecule has 2 heterocycles. The second kappa shape index (κ2) is 7.56. The molecule has 2 aromatic rings. The van der Waals surface area contributed by atoms with Gasteiger partial charge in [0, 0.05) is 36.3 Å². The topological polar surface area (TPSA) is 90.5 Å². The molecule has 1 aliphatic heterocycles. The van der Waals surface area contributed by atoms with E-state index < -0.39 is 11.0 Å². The van der Waals surface area contributed by atoms with E-state index in [4.69, 9.17) is 4.74 Å². The number of likely N-dealkylation sites (tertiary alicyclic amines) is 1. The van der Waals surface area contributed by atoms with Crippen LogP contribution in [0.15, 0.2) is 42.7 Å². The average Bonchev–Trinajstić information content (AvgIpc) is 3.23. The number of non-ortho nitro benzene ring substituents is 1. The highest BCUT2D eigenvalue weighted by atomic mass is 32.1. The molecule has 1 aromatic carbocycles. The van der Waals surface area contributed by atoms with E-state index in [1.807, 2.05) is 12.3 Å². The highest BCUT2D eigenvalue weighted by molar-refractivity contribution is 7.81. The fraction of sp³-hybridized carbons (Fsp3) is 0.375. The Hall–Kier alpha value is -2.55. The predicted octanol–water partition coefficient (Wildman–Crippen LogP) is 2.50. The molecule has 1 amide bonds. The molecule has 1 saturated heterocycles. The van der Waals surface area contributed by atoms with Gasteiger partial charge in [-0.1, -0.05) is 0 Å². The zero-order valence-electron chi connectivity index (χ0n) is 13.4. The van der Waals surface area contributed by atoms with Gasteiger partial charge in [-0.25, -0.2) is 4.79 Å². The van der Waals surface area contributed by atoms with Crippen molar-refractivity contribution in [2.24, 2.45) is 0 Å². The molecule has 25 heavy (non-hydrogen) atoms. The lowest BCUT2D eigenvalue weighted by Gasteiger charge is -2.23. The Labute approximate surface area is 149 Å². The highest BCUT2D eigenvalue weighted by Gasteiger charge is 2.35. The van der Waals surface area contributed by atoms with Crippen LogP contribution in [0.5, 0.6) is 0 Å². The Morgan fingerprint density at radius 1 is 1.40 bits per heavy atom. The summed E-state index contributed by atoms with van der Waals surface area (Å²) in [7, 11) is 0. The van der Waals surface area contributed by atoms with E-state index in [2.05, 4.69) is 17.7 Å². The smallest absolute Gasteiger partial charge is 0.410 e. The van der Waals surface area contributed by atoms with Gasteiger partial charge >= 0.3 is 6.09 Å². The normalized spacial score (nSPS) is 19.8. The Kier molecular flexibility index (Phi) is 5.22. The van der Waals surface area contributed by atoms with E-state index in [1.165, 1.54) is 12.1 Å². The third kappa shape index (κ3) is 4.30. The van der Waals surface area contributed by atoms with Gasteiger partial charge in [-0.2, -0.15) is 17.7 Å². The maximum atomic E-state index is 12.4. The molecule has 1 fully saturated rings. The molecule has 1 aromatic heterocycles. The van der Waals surface area contributed by atoms with Crippen LogP contribution in [0.25, 0.3) is 0 Å². The number of thiol groups is 1. The van der Waals surface area contributed by atoms with Crippen molar-refractivity contribution in [3.8, 4) is 0 Å². The Balaban J connectivity index is 1.58. The summed E-state index contributed by atoms with van der Waals surface area (Å²) in [6.45, 7) is 1.18. The number of aromatic nitrogens is 2. The monoisotopic (exact) mass is 362 g/mol. The lowest BCUT2D eigenvalue weighted by atomic mass is 10.2. The Morgan fingerprint density at radius 3 is 2.80 bits per heavy atom. The fourth-order valence-electron chi connectivity index (χ4n) is 2.85. The molecule has 0 aliphatic carbocycles. The first kappa shape index (κ1) is 17.3. The van der Waals surface area contributed by atoms with E-state index in [0.717, 1.165) is 6.42 Å². The summed E-state index contributed by atoms with van der Waals surface area (Å²) < 4.78 is 7.15. The maximum absolute atomic E-state index is 12.4. The number of benzene rings is 1. The van der Waals surface area contributed by atoms with Gasteiger partial charge in [0.1, 0.15) is 6.61 Å². The first-order valence-corrected chi connectivity index (χ1v) is 8.37. The molecular formula is C16H18N4O4S. The summed E-state index contributed by atoms with van der Waals surface area (Å²) in [4.78, 5) is 24.3. The van der Waals surface area contributed by atoms with Crippen molar-refractivity contribution in [2.45, 2.75) is 30.9 Å². The SMILES string of the molecule is O=C(OCc1ccc([N+](=O)[O-])cc1)N1C[C@@H](S)C[C@H]1Cn1cccn1. The summed E-state index contributed by atoms with van der Waals surface area (Å²) in [6, 6.07) is 7.76. The number of rotatable bonds is 5. The zero-order valence-corrected chi connectivity index (χ0v) is 14.3. The van der Waals surface area contributed by atoms with Gasteiger partial charge in [-0.3, -0.25) is 14.8 Å². The van der Waals surface area contributed by atoms with Crippen LogP contribution in [0.4, 0.5) is 10.5 Å². The molecule has 2 atom stereocenters. The lowest BCUT2D eigenvalue weighted by Crippen LogP contribution is -2.38. The molecule has 0 N–H and O–H groups in total. The van der Waals surface area contributed by atoms with Crippen LogP contribution in [-0.2, 0) is 17.9 Å². The molecule has 0 spiro atoms. The van der Waals surface area contributed by atoms with Crippen molar-refractivity contribution in [1.82, 2.24) is 14.7 Å². The van der Waals surface area contributed by atoms with Crippen molar-refractivity contribution >= 4 is 24.4 Å². The average molecular weight is 362 g/mol. The minimum Gasteiger partial charge on any atom is -0.445 e. The molecule has 132 valence electrons.